The van der Waals surface area contributed by atoms with Crippen molar-refractivity contribution in [2.24, 2.45) is 0 Å². The van der Waals surface area contributed by atoms with Gasteiger partial charge in [-0.2, -0.15) is 8.42 Å². The van der Waals surface area contributed by atoms with Crippen LogP contribution in [0.25, 0.3) is 0 Å². The van der Waals surface area contributed by atoms with E-state index in [1.165, 1.54) is 141 Å². The molecule has 1 fully saturated rings. The van der Waals surface area contributed by atoms with E-state index in [9.17, 15) is 37.9 Å². The third-order valence-electron chi connectivity index (χ3n) is 10.9. The fraction of sp³-hybridized carbons (Fsp3) is 0.870. The van der Waals surface area contributed by atoms with Gasteiger partial charge in [0, 0.05) is 12.5 Å². The summed E-state index contributed by atoms with van der Waals surface area (Å²) >= 11 is 0. The van der Waals surface area contributed by atoms with Gasteiger partial charge in [0.25, 0.3) is 10.1 Å². The molecule has 346 valence electrons. The lowest BCUT2D eigenvalue weighted by Gasteiger charge is -2.40. The van der Waals surface area contributed by atoms with Gasteiger partial charge in [-0.3, -0.25) is 9.35 Å². The zero-order chi connectivity index (χ0) is 43.4. The number of aliphatic hydroxyl groups excluding tert-OH is 3. The van der Waals surface area contributed by atoms with Crippen LogP contribution >= 0.6 is 0 Å². The molecule has 0 aromatic rings. The summed E-state index contributed by atoms with van der Waals surface area (Å²) in [6.45, 7) is 3.68. The molecule has 59 heavy (non-hydrogen) atoms. The van der Waals surface area contributed by atoms with Gasteiger partial charge in [-0.05, 0) is 19.3 Å². The number of hydrogen-bond donors (Lipinski definition) is 4. The predicted molar refractivity (Wildman–Crippen MR) is 233 cm³/mol. The molecule has 6 atom stereocenters. The zero-order valence-corrected chi connectivity index (χ0v) is 37.7. The van der Waals surface area contributed by atoms with Crippen molar-refractivity contribution >= 4 is 22.1 Å². The summed E-state index contributed by atoms with van der Waals surface area (Å²) in [7, 11) is -4.61. The lowest BCUT2D eigenvalue weighted by molar-refractivity contribution is -0.297. The van der Waals surface area contributed by atoms with Crippen molar-refractivity contribution in [3.63, 3.8) is 0 Å². The molecule has 0 aromatic heterocycles. The smallest absolute Gasteiger partial charge is 0.331 e. The largest absolute Gasteiger partial charge is 0.462 e. The van der Waals surface area contributed by atoms with Crippen molar-refractivity contribution in [1.29, 1.82) is 0 Å². The third-order valence-corrected chi connectivity index (χ3v) is 11.6. The van der Waals surface area contributed by atoms with E-state index in [-0.39, 0.29) is 13.0 Å². The summed E-state index contributed by atoms with van der Waals surface area (Å²) in [5.74, 6) is -2.24. The first-order valence-electron chi connectivity index (χ1n) is 23.4. The summed E-state index contributed by atoms with van der Waals surface area (Å²) in [6.07, 6.45) is 31.4. The third kappa shape index (κ3) is 31.6. The number of unbranched alkanes of at least 4 members (excludes halogenated alkanes) is 26. The van der Waals surface area contributed by atoms with Crippen molar-refractivity contribution in [2.45, 2.75) is 237 Å². The van der Waals surface area contributed by atoms with E-state index in [0.29, 0.717) is 6.42 Å². The first-order valence-corrected chi connectivity index (χ1v) is 25.0. The molecule has 1 saturated heterocycles. The molecule has 12 nitrogen and oxygen atoms in total. The molecule has 1 aliphatic rings. The Balaban J connectivity index is 2.47. The van der Waals surface area contributed by atoms with Crippen LogP contribution in [0.1, 0.15) is 200 Å². The molecule has 0 spiro atoms. The molecule has 2 unspecified atom stereocenters. The quantitative estimate of drug-likeness (QED) is 0.0151. The number of rotatable bonds is 39. The highest BCUT2D eigenvalue weighted by Gasteiger charge is 2.46. The second kappa shape index (κ2) is 36.8. The van der Waals surface area contributed by atoms with Crippen molar-refractivity contribution in [1.82, 2.24) is 0 Å². The Morgan fingerprint density at radius 1 is 0.610 bits per heavy atom. The minimum Gasteiger partial charge on any atom is -0.462 e. The Morgan fingerprint density at radius 2 is 1.07 bits per heavy atom. The van der Waals surface area contributed by atoms with Crippen LogP contribution in [0, 0.1) is 0 Å². The maximum atomic E-state index is 12.7. The number of allylic oxidation sites excluding steroid dienone is 3. The van der Waals surface area contributed by atoms with Gasteiger partial charge in [-0.25, -0.2) is 4.79 Å². The van der Waals surface area contributed by atoms with Gasteiger partial charge >= 0.3 is 11.9 Å². The molecule has 0 aromatic carbocycles. The minimum absolute atomic E-state index is 0.204. The van der Waals surface area contributed by atoms with E-state index in [1.54, 1.807) is 12.2 Å². The van der Waals surface area contributed by atoms with Crippen LogP contribution in [0.4, 0.5) is 0 Å². The van der Waals surface area contributed by atoms with Crippen LogP contribution < -0.4 is 0 Å². The Kier molecular flexibility index (Phi) is 34.4. The summed E-state index contributed by atoms with van der Waals surface area (Å²) < 4.78 is 53.9. The molecule has 1 aliphatic heterocycles. The normalized spacial score (nSPS) is 20.4. The average Bonchev–Trinajstić information content (AvgIpc) is 3.20. The molecule has 0 bridgehead atoms. The molecule has 0 amide bonds. The summed E-state index contributed by atoms with van der Waals surface area (Å²) in [5.41, 5.74) is 0. The molecular formula is C46H84O12S. The van der Waals surface area contributed by atoms with Gasteiger partial charge in [0.15, 0.2) is 12.4 Å². The van der Waals surface area contributed by atoms with E-state index >= 15 is 0 Å². The Morgan fingerprint density at radius 3 is 1.54 bits per heavy atom. The molecule has 4 N–H and O–H groups in total. The Hall–Kier alpha value is -1.87. The number of carbonyl (C=O) groups excluding carboxylic acids is 2. The van der Waals surface area contributed by atoms with Crippen molar-refractivity contribution in [3.05, 3.63) is 24.3 Å². The van der Waals surface area contributed by atoms with Gasteiger partial charge in [0.2, 0.25) is 0 Å². The van der Waals surface area contributed by atoms with E-state index < -0.39 is 71.2 Å². The zero-order valence-electron chi connectivity index (χ0n) is 36.9. The van der Waals surface area contributed by atoms with Gasteiger partial charge in [0.05, 0.1) is 6.61 Å². The van der Waals surface area contributed by atoms with Gasteiger partial charge in [0.1, 0.15) is 36.8 Å². The van der Waals surface area contributed by atoms with Crippen molar-refractivity contribution in [3.8, 4) is 0 Å². The van der Waals surface area contributed by atoms with E-state index in [1.807, 2.05) is 6.08 Å². The fourth-order valence-corrected chi connectivity index (χ4v) is 7.92. The highest BCUT2D eigenvalue weighted by Crippen LogP contribution is 2.24. The molecule has 13 heteroatoms. The topological polar surface area (TPSA) is 186 Å². The molecule has 0 aliphatic carbocycles. The van der Waals surface area contributed by atoms with E-state index in [4.69, 9.17) is 18.9 Å². The predicted octanol–water partition coefficient (Wildman–Crippen LogP) is 9.62. The molecule has 1 rings (SSSR count). The summed E-state index contributed by atoms with van der Waals surface area (Å²) in [5, 5.41) is 30.9. The lowest BCUT2D eigenvalue weighted by Crippen LogP contribution is -2.60. The molecule has 0 saturated carbocycles. The molecular weight excluding hydrogens is 777 g/mol. The van der Waals surface area contributed by atoms with Crippen LogP contribution in [-0.2, 0) is 38.7 Å². The first kappa shape index (κ1) is 55.1. The maximum absolute atomic E-state index is 12.7. The van der Waals surface area contributed by atoms with Crippen LogP contribution in [0.15, 0.2) is 24.3 Å². The Labute approximate surface area is 358 Å². The standard InChI is InChI=1S/C46H84O12S/c1-3-5-7-9-11-13-15-17-19-21-22-24-26-28-30-32-34-41(47)55-36-39(37-56-46-45(51)44(50)43(49)40(58-46)38-59(52,53)54)57-42(48)35-33-31-29-27-25-23-20-18-16-14-12-10-8-6-4-2/h29,31,33,35,39-40,43-46,49-51H,3-28,30,32,34,36-38H2,1-2H3,(H,52,53,54)/b31-29+,35-33+/t39-,40-,43-,44?,45?,46+/m1/s1. The number of carbonyl (C=O) groups is 2. The number of aliphatic hydroxyl groups is 3. The van der Waals surface area contributed by atoms with Crippen molar-refractivity contribution < 1.29 is 56.8 Å². The van der Waals surface area contributed by atoms with E-state index in [2.05, 4.69) is 13.8 Å². The number of ether oxygens (including phenoxy) is 4. The van der Waals surface area contributed by atoms with E-state index in [0.717, 1.165) is 38.5 Å². The monoisotopic (exact) mass is 861 g/mol. The Bertz CT molecular complexity index is 1190. The highest BCUT2D eigenvalue weighted by atomic mass is 32.2. The van der Waals surface area contributed by atoms with Crippen LogP contribution in [0.5, 0.6) is 0 Å². The summed E-state index contributed by atoms with van der Waals surface area (Å²) in [4.78, 5) is 25.3. The number of esters is 2. The first-order chi connectivity index (χ1) is 28.5. The maximum Gasteiger partial charge on any atom is 0.331 e. The van der Waals surface area contributed by atoms with Crippen LogP contribution in [-0.4, -0.2) is 96.0 Å². The van der Waals surface area contributed by atoms with Crippen LogP contribution in [0.3, 0.4) is 0 Å². The average molecular weight is 861 g/mol. The SMILES string of the molecule is CCCCCCCCCCCCC/C=C/C=C/C(=O)O[C@H](COC(=O)CCCCCCCCCCCCCCCCCC)CO[C@H]1O[C@H](CS(=O)(=O)O)[C@@H](O)C(O)C1O. The summed E-state index contributed by atoms with van der Waals surface area (Å²) in [6, 6.07) is 0. The number of hydrogen-bond acceptors (Lipinski definition) is 11. The van der Waals surface area contributed by atoms with Gasteiger partial charge in [-0.15, -0.1) is 0 Å². The second-order valence-electron chi connectivity index (χ2n) is 16.5. The van der Waals surface area contributed by atoms with Gasteiger partial charge in [-0.1, -0.05) is 193 Å². The van der Waals surface area contributed by atoms with Crippen molar-refractivity contribution in [2.75, 3.05) is 19.0 Å². The minimum atomic E-state index is -4.61. The fourth-order valence-electron chi connectivity index (χ4n) is 7.23. The van der Waals surface area contributed by atoms with Crippen LogP contribution in [0.2, 0.25) is 0 Å². The second-order valence-corrected chi connectivity index (χ2v) is 18.0. The lowest BCUT2D eigenvalue weighted by atomic mass is 10.00. The molecule has 0 radical (unpaired) electrons. The molecule has 1 heterocycles. The highest BCUT2D eigenvalue weighted by molar-refractivity contribution is 7.85. The van der Waals surface area contributed by atoms with Gasteiger partial charge < -0.3 is 34.3 Å².